The highest BCUT2D eigenvalue weighted by Crippen LogP contribution is 2.37. The molecule has 4 N–H and O–H groups in total. The Balaban J connectivity index is 0.861. The van der Waals surface area contributed by atoms with Crippen LogP contribution in [0.2, 0.25) is 5.02 Å². The van der Waals surface area contributed by atoms with Gasteiger partial charge >= 0.3 is 0 Å². The maximum Gasteiger partial charge on any atom is 0.293 e. The van der Waals surface area contributed by atoms with Crippen molar-refractivity contribution in [2.24, 2.45) is 0 Å². The topological polar surface area (TPSA) is 204 Å². The Hall–Kier alpha value is -5.82. The smallest absolute Gasteiger partial charge is 0.293 e. The van der Waals surface area contributed by atoms with E-state index in [-0.39, 0.29) is 48.6 Å². The fourth-order valence-electron chi connectivity index (χ4n) is 8.49. The number of rotatable bonds is 12. The minimum atomic E-state index is -1.31. The van der Waals surface area contributed by atoms with Gasteiger partial charge in [0.25, 0.3) is 17.4 Å². The van der Waals surface area contributed by atoms with Gasteiger partial charge in [-0.2, -0.15) is 4.98 Å². The average Bonchev–Trinajstić information content (AvgIpc) is 3.74. The molecule has 4 amide bonds. The van der Waals surface area contributed by atoms with E-state index < -0.39 is 24.1 Å². The van der Waals surface area contributed by atoms with Crippen molar-refractivity contribution >= 4 is 63.6 Å². The van der Waals surface area contributed by atoms with Crippen LogP contribution in [0.5, 0.6) is 11.5 Å². The summed E-state index contributed by atoms with van der Waals surface area (Å²) in [6, 6.07) is 11.7. The number of nitrogens with one attached hydrogen (secondary N) is 3. The predicted octanol–water partition coefficient (Wildman–Crippen LogP) is 1.86. The van der Waals surface area contributed by atoms with Gasteiger partial charge in [0.1, 0.15) is 23.4 Å². The second kappa shape index (κ2) is 17.0. The molecular weight excluding hydrogens is 796 g/mol. The average molecular weight is 843 g/mol. The molecule has 0 aliphatic carbocycles. The third-order valence-corrected chi connectivity index (χ3v) is 12.1. The molecule has 2 aromatic heterocycles. The molecule has 0 spiro atoms. The van der Waals surface area contributed by atoms with Gasteiger partial charge in [-0.05, 0) is 69.3 Å². The lowest BCUT2D eigenvalue weighted by Gasteiger charge is -2.38. The van der Waals surface area contributed by atoms with Gasteiger partial charge in [0.2, 0.25) is 17.8 Å². The number of aryl methyl sites for hydroxylation is 1. The van der Waals surface area contributed by atoms with Crippen LogP contribution in [0.3, 0.4) is 0 Å². The number of fused-ring (bicyclic) bond motifs is 2. The van der Waals surface area contributed by atoms with Crippen molar-refractivity contribution in [3.8, 4) is 11.5 Å². The fraction of sp³-hybridized carbons (Fsp3) is 0.439. The van der Waals surface area contributed by atoms with Gasteiger partial charge in [0, 0.05) is 87.0 Å². The van der Waals surface area contributed by atoms with Crippen LogP contribution in [-0.2, 0) is 20.9 Å². The van der Waals surface area contributed by atoms with E-state index in [4.69, 9.17) is 26.1 Å². The number of piperidine rings is 1. The zero-order chi connectivity index (χ0) is 42.2. The predicted molar refractivity (Wildman–Crippen MR) is 222 cm³/mol. The number of ether oxygens (including phenoxy) is 2. The number of halogens is 1. The summed E-state index contributed by atoms with van der Waals surface area (Å²) in [4.78, 5) is 79.5. The molecule has 6 heterocycles. The number of aliphatic hydroxyl groups excluding tert-OH is 1. The van der Waals surface area contributed by atoms with Gasteiger partial charge in [-0.15, -0.1) is 0 Å². The Morgan fingerprint density at radius 3 is 2.60 bits per heavy atom. The number of amides is 4. The number of carbonyl (C=O) groups excluding carboxylic acids is 4. The molecule has 4 aromatic rings. The van der Waals surface area contributed by atoms with Crippen LogP contribution in [0.25, 0.3) is 10.9 Å². The molecule has 60 heavy (non-hydrogen) atoms. The number of hydrogen-bond acceptors (Lipinski definition) is 14. The Labute approximate surface area is 350 Å². The maximum atomic E-state index is 13.2. The summed E-state index contributed by atoms with van der Waals surface area (Å²) in [6.07, 6.45) is 1.43. The number of likely N-dealkylation sites (tertiary alicyclic amines) is 1. The van der Waals surface area contributed by atoms with E-state index in [0.717, 1.165) is 54.9 Å². The largest absolute Gasteiger partial charge is 0.492 e. The number of aliphatic hydroxyl groups is 1. The van der Waals surface area contributed by atoms with Gasteiger partial charge in [-0.25, -0.2) is 4.98 Å². The molecule has 4 aliphatic heterocycles. The highest BCUT2D eigenvalue weighted by atomic mass is 35.5. The summed E-state index contributed by atoms with van der Waals surface area (Å²) in [5.74, 6) is -0.161. The first-order valence-electron chi connectivity index (χ1n) is 20.0. The van der Waals surface area contributed by atoms with Crippen molar-refractivity contribution in [3.05, 3.63) is 75.2 Å². The van der Waals surface area contributed by atoms with E-state index in [0.29, 0.717) is 58.5 Å². The number of hydrogen-bond donors (Lipinski definition) is 4. The third-order valence-electron chi connectivity index (χ3n) is 11.8. The summed E-state index contributed by atoms with van der Waals surface area (Å²) in [5, 5.41) is 20.2. The molecule has 4 atom stereocenters. The van der Waals surface area contributed by atoms with E-state index in [1.54, 1.807) is 35.0 Å². The van der Waals surface area contributed by atoms with Crippen molar-refractivity contribution in [1.82, 2.24) is 39.9 Å². The molecular formula is C41H47ClN10O8. The van der Waals surface area contributed by atoms with Crippen LogP contribution in [0.1, 0.15) is 48.3 Å². The third kappa shape index (κ3) is 8.07. The molecule has 18 nitrogen and oxygen atoms in total. The van der Waals surface area contributed by atoms with E-state index >= 15 is 0 Å². The van der Waals surface area contributed by atoms with E-state index in [1.165, 1.54) is 7.05 Å². The van der Waals surface area contributed by atoms with Crippen LogP contribution in [-0.4, -0.2) is 136 Å². The Bertz CT molecular complexity index is 2410. The molecule has 4 aliphatic rings. The van der Waals surface area contributed by atoms with Crippen molar-refractivity contribution in [2.75, 3.05) is 70.2 Å². The van der Waals surface area contributed by atoms with E-state index in [1.807, 2.05) is 25.1 Å². The number of aromatic nitrogens is 3. The lowest BCUT2D eigenvalue weighted by atomic mass is 10.0. The Kier molecular flexibility index (Phi) is 11.6. The van der Waals surface area contributed by atoms with Crippen LogP contribution < -0.4 is 35.9 Å². The van der Waals surface area contributed by atoms with Crippen LogP contribution in [0.15, 0.2) is 53.5 Å². The lowest BCUT2D eigenvalue weighted by molar-refractivity contribution is -0.139. The molecule has 2 unspecified atom stereocenters. The normalized spacial score (nSPS) is 22.2. The lowest BCUT2D eigenvalue weighted by Crippen LogP contribution is -2.53. The maximum absolute atomic E-state index is 13.2. The van der Waals surface area contributed by atoms with Crippen molar-refractivity contribution in [2.45, 2.75) is 57.1 Å². The SMILES string of the molecule is CCn1c(=O)c(OCC(=O)NC)cc2cc(Nc3nc(N4CCN([C@@H]5C[C@@H](COc6ccc7c(c6)C(O)N(C6CCC(=O)NC6=O)C7=O)N(C)C5)CC4)ncc3Cl)ccc21. The summed E-state index contributed by atoms with van der Waals surface area (Å²) in [5.41, 5.74) is 1.79. The summed E-state index contributed by atoms with van der Waals surface area (Å²) in [7, 11) is 3.59. The number of benzene rings is 2. The number of anilines is 3. The zero-order valence-corrected chi connectivity index (χ0v) is 34.3. The van der Waals surface area contributed by atoms with Crippen LogP contribution in [0.4, 0.5) is 17.5 Å². The van der Waals surface area contributed by atoms with Gasteiger partial charge in [-0.3, -0.25) is 44.0 Å². The molecule has 0 bridgehead atoms. The van der Waals surface area contributed by atoms with Crippen molar-refractivity contribution < 1.29 is 33.8 Å². The summed E-state index contributed by atoms with van der Waals surface area (Å²) < 4.78 is 13.4. The van der Waals surface area contributed by atoms with Gasteiger partial charge in [0.15, 0.2) is 24.4 Å². The molecule has 2 aromatic carbocycles. The van der Waals surface area contributed by atoms with E-state index in [9.17, 15) is 29.1 Å². The number of pyridine rings is 1. The van der Waals surface area contributed by atoms with Gasteiger partial charge < -0.3 is 34.7 Å². The molecule has 0 radical (unpaired) electrons. The summed E-state index contributed by atoms with van der Waals surface area (Å²) in [6.45, 7) is 6.39. The molecule has 8 rings (SSSR count). The second-order valence-electron chi connectivity index (χ2n) is 15.4. The number of carbonyl (C=O) groups is 4. The molecule has 0 saturated carbocycles. The minimum Gasteiger partial charge on any atom is -0.492 e. The molecule has 3 saturated heterocycles. The number of piperazine rings is 1. The minimum absolute atomic E-state index is 0.0821. The van der Waals surface area contributed by atoms with Crippen molar-refractivity contribution in [3.63, 3.8) is 0 Å². The van der Waals surface area contributed by atoms with E-state index in [2.05, 4.69) is 42.7 Å². The Morgan fingerprint density at radius 2 is 1.85 bits per heavy atom. The highest BCUT2D eigenvalue weighted by Gasteiger charge is 2.44. The quantitative estimate of drug-likeness (QED) is 0.151. The first-order chi connectivity index (χ1) is 28.9. The number of likely N-dealkylation sites (N-methyl/N-ethyl adjacent to an activating group) is 2. The molecule has 316 valence electrons. The number of nitrogens with zero attached hydrogens (tertiary/aromatic N) is 7. The van der Waals surface area contributed by atoms with Gasteiger partial charge in [0.05, 0.1) is 11.7 Å². The standard InChI is InChI=1S/C41H47ClN10O8/c1-4-51-31-8-5-24(15-23(31)16-33(40(51)58)60-22-35(54)43-2)45-36-30(42)19-44-41(47-36)50-13-11-49(12-14-50)25-17-26(48(3)20-25)21-59-27-6-7-28-29(18-27)39(57)52(38(28)56)32-9-10-34(53)46-37(32)55/h5-8,15-16,18-19,25-26,32,39,57H,4,9-14,17,20-22H2,1-3H3,(H,43,54)(H,44,45,47)(H,46,53,55)/t25-,26+,32?,39?/m1/s1. The first kappa shape index (κ1) is 40.9. The monoisotopic (exact) mass is 842 g/mol. The number of imide groups is 1. The highest BCUT2D eigenvalue weighted by molar-refractivity contribution is 6.33. The molecule has 19 heteroatoms. The fourth-order valence-corrected chi connectivity index (χ4v) is 8.63. The van der Waals surface area contributed by atoms with Gasteiger partial charge in [-0.1, -0.05) is 11.6 Å². The van der Waals surface area contributed by atoms with Crippen molar-refractivity contribution in [1.29, 1.82) is 0 Å². The summed E-state index contributed by atoms with van der Waals surface area (Å²) >= 11 is 6.58. The molecule has 3 fully saturated rings. The van der Waals surface area contributed by atoms with Crippen LogP contribution in [0, 0.1) is 0 Å². The Morgan fingerprint density at radius 1 is 1.05 bits per heavy atom. The second-order valence-corrected chi connectivity index (χ2v) is 15.8. The first-order valence-corrected chi connectivity index (χ1v) is 20.4. The van der Waals surface area contributed by atoms with Crippen LogP contribution >= 0.6 is 11.6 Å². The zero-order valence-electron chi connectivity index (χ0n) is 33.5.